The monoisotopic (exact) mass is 557 g/mol. The Morgan fingerprint density at radius 1 is 1.13 bits per heavy atom. The highest BCUT2D eigenvalue weighted by molar-refractivity contribution is 6.30. The second-order valence-corrected chi connectivity index (χ2v) is 11.3. The summed E-state index contributed by atoms with van der Waals surface area (Å²) in [6, 6.07) is 10.1. The number of anilines is 1. The molecule has 1 saturated carbocycles. The summed E-state index contributed by atoms with van der Waals surface area (Å²) in [6.07, 6.45) is 3.19. The molecule has 39 heavy (non-hydrogen) atoms. The third-order valence-corrected chi connectivity index (χ3v) is 8.88. The average Bonchev–Trinajstić information content (AvgIpc) is 3.38. The molecular formula is C28H30ClF2N5O3. The van der Waals surface area contributed by atoms with E-state index in [-0.39, 0.29) is 46.9 Å². The lowest BCUT2D eigenvalue weighted by atomic mass is 9.87. The molecule has 1 aliphatic carbocycles. The molecule has 11 heteroatoms. The number of halogens is 3. The van der Waals surface area contributed by atoms with Crippen molar-refractivity contribution in [1.82, 2.24) is 19.9 Å². The fourth-order valence-electron chi connectivity index (χ4n) is 6.55. The topological polar surface area (TPSA) is 72.8 Å². The van der Waals surface area contributed by atoms with Crippen LogP contribution in [0.1, 0.15) is 37.7 Å². The van der Waals surface area contributed by atoms with Crippen LogP contribution < -0.4 is 14.4 Å². The zero-order valence-corrected chi connectivity index (χ0v) is 22.2. The maximum absolute atomic E-state index is 15.3. The summed E-state index contributed by atoms with van der Waals surface area (Å²) in [4.78, 5) is 17.6. The van der Waals surface area contributed by atoms with Gasteiger partial charge >= 0.3 is 6.01 Å². The Balaban J connectivity index is 1.21. The second-order valence-electron chi connectivity index (χ2n) is 11.0. The molecule has 3 fully saturated rings. The van der Waals surface area contributed by atoms with Crippen molar-refractivity contribution in [2.45, 2.75) is 62.6 Å². The van der Waals surface area contributed by atoms with Crippen LogP contribution in [0.5, 0.6) is 11.9 Å². The lowest BCUT2D eigenvalue weighted by Gasteiger charge is -2.44. The molecule has 0 N–H and O–H groups in total. The minimum Gasteiger partial charge on any atom is -0.475 e. The van der Waals surface area contributed by atoms with Gasteiger partial charge in [0, 0.05) is 13.0 Å². The molecule has 0 spiro atoms. The van der Waals surface area contributed by atoms with Crippen molar-refractivity contribution in [3.05, 3.63) is 46.9 Å². The number of hydrogen-bond donors (Lipinski definition) is 0. The summed E-state index contributed by atoms with van der Waals surface area (Å²) in [5.74, 6) is -0.0394. The van der Waals surface area contributed by atoms with Gasteiger partial charge in [0.15, 0.2) is 11.0 Å². The van der Waals surface area contributed by atoms with Gasteiger partial charge in [-0.3, -0.25) is 4.90 Å². The third-order valence-electron chi connectivity index (χ3n) is 8.63. The van der Waals surface area contributed by atoms with Crippen LogP contribution in [0.2, 0.25) is 5.15 Å². The lowest BCUT2D eigenvalue weighted by Crippen LogP contribution is -2.53. The van der Waals surface area contributed by atoms with E-state index < -0.39 is 12.0 Å². The van der Waals surface area contributed by atoms with E-state index in [1.54, 1.807) is 0 Å². The Morgan fingerprint density at radius 3 is 2.82 bits per heavy atom. The van der Waals surface area contributed by atoms with Gasteiger partial charge < -0.3 is 19.1 Å². The minimum atomic E-state index is -0.875. The summed E-state index contributed by atoms with van der Waals surface area (Å²) in [5, 5.41) is 0.0618. The molecule has 0 bridgehead atoms. The average molecular weight is 558 g/mol. The van der Waals surface area contributed by atoms with E-state index in [4.69, 9.17) is 30.8 Å². The van der Waals surface area contributed by atoms with Gasteiger partial charge in [0.2, 0.25) is 5.88 Å². The number of fused-ring (bicyclic) bond motifs is 1. The summed E-state index contributed by atoms with van der Waals surface area (Å²) < 4.78 is 48.0. The smallest absolute Gasteiger partial charge is 0.319 e. The van der Waals surface area contributed by atoms with Gasteiger partial charge in [0.05, 0.1) is 30.8 Å². The van der Waals surface area contributed by atoms with Crippen LogP contribution in [0.25, 0.3) is 10.9 Å². The standard InChI is InChI=1S/C28H30ClF2N5O3/c29-24-22(31)23-21-25(34-27(32-23)39-16-28-9-4-10-35(28)14-18(30)13-28)36(11-12-37-26(21)33-24)19-7-8-20(19)38-15-17-5-2-1-3-6-17/h1-3,5-6,18-20H,4,7-16H2/t18-,19+,20+,28+/m1/s1. The van der Waals surface area contributed by atoms with E-state index >= 15 is 4.39 Å². The van der Waals surface area contributed by atoms with E-state index in [0.717, 1.165) is 37.8 Å². The molecule has 0 radical (unpaired) electrons. The molecule has 7 rings (SSSR count). The normalized spacial score (nSPS) is 28.2. The van der Waals surface area contributed by atoms with Gasteiger partial charge in [0.1, 0.15) is 36.1 Å². The first-order valence-corrected chi connectivity index (χ1v) is 14.0. The number of benzene rings is 1. The number of alkyl halides is 1. The Morgan fingerprint density at radius 2 is 2.00 bits per heavy atom. The van der Waals surface area contributed by atoms with Gasteiger partial charge in [-0.2, -0.15) is 15.0 Å². The maximum Gasteiger partial charge on any atom is 0.319 e. The number of hydrogen-bond acceptors (Lipinski definition) is 8. The van der Waals surface area contributed by atoms with E-state index in [1.807, 2.05) is 30.3 Å². The minimum absolute atomic E-state index is 0.00791. The molecule has 3 aromatic rings. The van der Waals surface area contributed by atoms with Crippen molar-refractivity contribution in [1.29, 1.82) is 0 Å². The number of nitrogens with zero attached hydrogens (tertiary/aromatic N) is 5. The Kier molecular flexibility index (Phi) is 6.44. The van der Waals surface area contributed by atoms with Crippen molar-refractivity contribution >= 4 is 28.3 Å². The largest absolute Gasteiger partial charge is 0.475 e. The summed E-state index contributed by atoms with van der Waals surface area (Å²) in [5.41, 5.74) is 0.739. The fourth-order valence-corrected chi connectivity index (χ4v) is 6.72. The number of ether oxygens (including phenoxy) is 3. The van der Waals surface area contributed by atoms with E-state index in [2.05, 4.69) is 19.8 Å². The zero-order valence-electron chi connectivity index (χ0n) is 21.5. The van der Waals surface area contributed by atoms with Crippen LogP contribution in [0.15, 0.2) is 30.3 Å². The van der Waals surface area contributed by atoms with E-state index in [9.17, 15) is 4.39 Å². The van der Waals surface area contributed by atoms with Crippen LogP contribution >= 0.6 is 11.6 Å². The zero-order chi connectivity index (χ0) is 26.6. The second kappa shape index (κ2) is 9.98. The van der Waals surface area contributed by atoms with Crippen molar-refractivity contribution in [3.8, 4) is 11.9 Å². The molecule has 2 aromatic heterocycles. The van der Waals surface area contributed by atoms with Crippen LogP contribution in [-0.4, -0.2) is 76.6 Å². The van der Waals surface area contributed by atoms with Gasteiger partial charge in [0.25, 0.3) is 0 Å². The van der Waals surface area contributed by atoms with E-state index in [1.165, 1.54) is 0 Å². The summed E-state index contributed by atoms with van der Waals surface area (Å²) in [6.45, 7) is 2.87. The fraction of sp³-hybridized carbons (Fsp3) is 0.536. The summed E-state index contributed by atoms with van der Waals surface area (Å²) in [7, 11) is 0. The SMILES string of the molecule is Fc1c(Cl)nc2c3c(nc(OC[C@@]45CCCN4C[C@H](F)C5)nc13)N([C@H]1CC[C@@H]1OCc1ccccc1)CCO2. The molecule has 4 atom stereocenters. The number of aromatic nitrogens is 3. The first-order valence-electron chi connectivity index (χ1n) is 13.6. The highest BCUT2D eigenvalue weighted by Crippen LogP contribution is 2.43. The third kappa shape index (κ3) is 4.46. The van der Waals surface area contributed by atoms with Crippen molar-refractivity contribution in [2.75, 3.05) is 37.7 Å². The molecule has 0 amide bonds. The Labute approximate surface area is 230 Å². The van der Waals surface area contributed by atoms with Crippen LogP contribution in [-0.2, 0) is 11.3 Å². The Hall–Kier alpha value is -2.82. The molecule has 3 aliphatic heterocycles. The molecule has 5 heterocycles. The van der Waals surface area contributed by atoms with Crippen molar-refractivity contribution in [2.24, 2.45) is 0 Å². The maximum atomic E-state index is 15.3. The molecule has 2 saturated heterocycles. The van der Waals surface area contributed by atoms with E-state index in [0.29, 0.717) is 43.9 Å². The van der Waals surface area contributed by atoms with Crippen molar-refractivity contribution in [3.63, 3.8) is 0 Å². The summed E-state index contributed by atoms with van der Waals surface area (Å²) >= 11 is 6.13. The van der Waals surface area contributed by atoms with Gasteiger partial charge in [-0.05, 0) is 37.8 Å². The lowest BCUT2D eigenvalue weighted by molar-refractivity contribution is -0.0275. The van der Waals surface area contributed by atoms with Crippen LogP contribution in [0.4, 0.5) is 14.6 Å². The molecule has 206 valence electrons. The highest BCUT2D eigenvalue weighted by Gasteiger charge is 2.49. The molecule has 0 unspecified atom stereocenters. The first-order chi connectivity index (χ1) is 19.0. The molecule has 4 aliphatic rings. The number of rotatable bonds is 7. The highest BCUT2D eigenvalue weighted by atomic mass is 35.5. The Bertz CT molecular complexity index is 1380. The number of pyridine rings is 1. The van der Waals surface area contributed by atoms with Crippen LogP contribution in [0, 0.1) is 5.82 Å². The predicted octanol–water partition coefficient (Wildman–Crippen LogP) is 4.72. The first kappa shape index (κ1) is 25.2. The van der Waals surface area contributed by atoms with Crippen molar-refractivity contribution < 1.29 is 23.0 Å². The van der Waals surface area contributed by atoms with Gasteiger partial charge in [-0.1, -0.05) is 41.9 Å². The molecule has 1 aromatic carbocycles. The van der Waals surface area contributed by atoms with Gasteiger partial charge in [-0.15, -0.1) is 0 Å². The van der Waals surface area contributed by atoms with Crippen LogP contribution in [0.3, 0.4) is 0 Å². The quantitative estimate of drug-likeness (QED) is 0.387. The predicted molar refractivity (Wildman–Crippen MR) is 142 cm³/mol. The molecular weight excluding hydrogens is 528 g/mol. The van der Waals surface area contributed by atoms with Gasteiger partial charge in [-0.25, -0.2) is 8.78 Å². The molecule has 8 nitrogen and oxygen atoms in total.